The van der Waals surface area contributed by atoms with Crippen molar-refractivity contribution in [1.29, 1.82) is 0 Å². The van der Waals surface area contributed by atoms with E-state index in [2.05, 4.69) is 5.92 Å². The van der Waals surface area contributed by atoms with Crippen molar-refractivity contribution in [2.75, 3.05) is 0 Å². The fourth-order valence-corrected chi connectivity index (χ4v) is 1.43. The average molecular weight is 196 g/mol. The fourth-order valence-electron chi connectivity index (χ4n) is 1.43. The van der Waals surface area contributed by atoms with Crippen LogP contribution in [0, 0.1) is 18.2 Å². The van der Waals surface area contributed by atoms with Gasteiger partial charge >= 0.3 is 0 Å². The number of hydrogen-bond donors (Lipinski definition) is 0. The summed E-state index contributed by atoms with van der Waals surface area (Å²) in [5, 5.41) is 0. The predicted molar refractivity (Wildman–Crippen MR) is 59.8 cm³/mol. The lowest BCUT2D eigenvalue weighted by molar-refractivity contribution is 0.628. The largest absolute Gasteiger partial charge is 0.207 e. The summed E-state index contributed by atoms with van der Waals surface area (Å²) in [5.74, 6) is 2.31. The van der Waals surface area contributed by atoms with E-state index >= 15 is 0 Å². The van der Waals surface area contributed by atoms with Crippen LogP contribution in [0.2, 0.25) is 0 Å². The summed E-state index contributed by atoms with van der Waals surface area (Å²) >= 11 is 0. The van der Waals surface area contributed by atoms with Gasteiger partial charge in [-0.25, -0.2) is 4.39 Å². The standard InChI is InChI=1S/C14H9F/c1-2-11-6-8-12(9-7-11)13-4-3-5-14(15)10-13/h1,3-10H. The molecule has 0 aromatic heterocycles. The molecular weight excluding hydrogens is 187 g/mol. The summed E-state index contributed by atoms with van der Waals surface area (Å²) in [6.45, 7) is 0. The molecule has 0 fully saturated rings. The molecule has 2 rings (SSSR count). The molecule has 0 bridgehead atoms. The molecule has 0 amide bonds. The fraction of sp³-hybridized carbons (Fsp3) is 0. The molecule has 0 heterocycles. The number of terminal acetylenes is 1. The van der Waals surface area contributed by atoms with Gasteiger partial charge in [0.25, 0.3) is 0 Å². The van der Waals surface area contributed by atoms with Crippen LogP contribution in [0.25, 0.3) is 11.1 Å². The Kier molecular flexibility index (Phi) is 2.51. The summed E-state index contributed by atoms with van der Waals surface area (Å²) in [5.41, 5.74) is 2.65. The summed E-state index contributed by atoms with van der Waals surface area (Å²) in [6, 6.07) is 14.0. The molecule has 0 radical (unpaired) electrons. The van der Waals surface area contributed by atoms with Gasteiger partial charge in [0, 0.05) is 5.56 Å². The Labute approximate surface area is 88.4 Å². The highest BCUT2D eigenvalue weighted by molar-refractivity contribution is 5.64. The minimum atomic E-state index is -0.228. The Morgan fingerprint density at radius 1 is 0.933 bits per heavy atom. The Morgan fingerprint density at radius 3 is 2.27 bits per heavy atom. The van der Waals surface area contributed by atoms with Crippen molar-refractivity contribution in [2.45, 2.75) is 0 Å². The third-order valence-corrected chi connectivity index (χ3v) is 2.21. The highest BCUT2D eigenvalue weighted by Crippen LogP contribution is 2.20. The Hall–Kier alpha value is -2.07. The van der Waals surface area contributed by atoms with Crippen molar-refractivity contribution >= 4 is 0 Å². The lowest BCUT2D eigenvalue weighted by Crippen LogP contribution is -1.80. The van der Waals surface area contributed by atoms with E-state index in [9.17, 15) is 4.39 Å². The monoisotopic (exact) mass is 196 g/mol. The van der Waals surface area contributed by atoms with E-state index in [1.165, 1.54) is 12.1 Å². The van der Waals surface area contributed by atoms with Crippen LogP contribution in [0.5, 0.6) is 0 Å². The predicted octanol–water partition coefficient (Wildman–Crippen LogP) is 3.47. The maximum atomic E-state index is 13.0. The zero-order chi connectivity index (χ0) is 10.7. The molecular formula is C14H9F. The quantitative estimate of drug-likeness (QED) is 0.612. The summed E-state index contributed by atoms with van der Waals surface area (Å²) in [4.78, 5) is 0. The van der Waals surface area contributed by atoms with Crippen molar-refractivity contribution in [3.05, 3.63) is 59.9 Å². The van der Waals surface area contributed by atoms with Crippen LogP contribution in [0.1, 0.15) is 5.56 Å². The van der Waals surface area contributed by atoms with Gasteiger partial charge in [-0.1, -0.05) is 30.2 Å². The molecule has 0 spiro atoms. The molecule has 15 heavy (non-hydrogen) atoms. The van der Waals surface area contributed by atoms with Gasteiger partial charge < -0.3 is 0 Å². The van der Waals surface area contributed by atoms with Gasteiger partial charge in [-0.15, -0.1) is 6.42 Å². The molecule has 1 heteroatoms. The van der Waals surface area contributed by atoms with E-state index in [1.54, 1.807) is 6.07 Å². The molecule has 0 aliphatic heterocycles. The zero-order valence-electron chi connectivity index (χ0n) is 8.07. The van der Waals surface area contributed by atoms with Crippen molar-refractivity contribution < 1.29 is 4.39 Å². The van der Waals surface area contributed by atoms with Gasteiger partial charge in [-0.05, 0) is 35.4 Å². The molecule has 0 N–H and O–H groups in total. The van der Waals surface area contributed by atoms with E-state index in [4.69, 9.17) is 6.42 Å². The molecule has 0 aliphatic rings. The van der Waals surface area contributed by atoms with Crippen LogP contribution < -0.4 is 0 Å². The molecule has 72 valence electrons. The van der Waals surface area contributed by atoms with Crippen molar-refractivity contribution in [3.8, 4) is 23.5 Å². The van der Waals surface area contributed by atoms with Crippen LogP contribution >= 0.6 is 0 Å². The summed E-state index contributed by atoms with van der Waals surface area (Å²) < 4.78 is 13.0. The normalized spacial score (nSPS) is 9.60. The first kappa shape index (κ1) is 9.48. The molecule has 0 saturated carbocycles. The lowest BCUT2D eigenvalue weighted by atomic mass is 10.0. The first-order chi connectivity index (χ1) is 7.29. The maximum absolute atomic E-state index is 13.0. The number of hydrogen-bond acceptors (Lipinski definition) is 0. The third kappa shape index (κ3) is 2.05. The smallest absolute Gasteiger partial charge is 0.123 e. The summed E-state index contributed by atoms with van der Waals surface area (Å²) in [6.07, 6.45) is 5.25. The van der Waals surface area contributed by atoms with E-state index in [-0.39, 0.29) is 5.82 Å². The molecule has 2 aromatic carbocycles. The molecule has 0 aliphatic carbocycles. The highest BCUT2D eigenvalue weighted by Gasteiger charge is 1.98. The van der Waals surface area contributed by atoms with Crippen LogP contribution in [-0.4, -0.2) is 0 Å². The minimum absolute atomic E-state index is 0.228. The Bertz CT molecular complexity index is 504. The average Bonchev–Trinajstić information content (AvgIpc) is 2.29. The molecule has 0 nitrogen and oxygen atoms in total. The van der Waals surface area contributed by atoms with Gasteiger partial charge in [0.15, 0.2) is 0 Å². The van der Waals surface area contributed by atoms with Crippen molar-refractivity contribution in [2.24, 2.45) is 0 Å². The Balaban J connectivity index is 2.42. The molecule has 0 unspecified atom stereocenters. The topological polar surface area (TPSA) is 0 Å². The van der Waals surface area contributed by atoms with Crippen LogP contribution in [0.15, 0.2) is 48.5 Å². The van der Waals surface area contributed by atoms with Crippen LogP contribution in [0.4, 0.5) is 4.39 Å². The van der Waals surface area contributed by atoms with Crippen LogP contribution in [0.3, 0.4) is 0 Å². The van der Waals surface area contributed by atoms with Crippen molar-refractivity contribution in [1.82, 2.24) is 0 Å². The molecule has 0 atom stereocenters. The Morgan fingerprint density at radius 2 is 1.67 bits per heavy atom. The van der Waals surface area contributed by atoms with Gasteiger partial charge in [0.1, 0.15) is 5.82 Å². The first-order valence-electron chi connectivity index (χ1n) is 4.62. The number of halogens is 1. The first-order valence-corrected chi connectivity index (χ1v) is 4.62. The second-order valence-corrected chi connectivity index (χ2v) is 3.23. The third-order valence-electron chi connectivity index (χ3n) is 2.21. The number of benzene rings is 2. The van der Waals surface area contributed by atoms with Gasteiger partial charge in [0.2, 0.25) is 0 Å². The van der Waals surface area contributed by atoms with E-state index < -0.39 is 0 Å². The van der Waals surface area contributed by atoms with E-state index in [0.717, 1.165) is 16.7 Å². The van der Waals surface area contributed by atoms with Crippen molar-refractivity contribution in [3.63, 3.8) is 0 Å². The second kappa shape index (κ2) is 3.98. The van der Waals surface area contributed by atoms with Crippen LogP contribution in [-0.2, 0) is 0 Å². The van der Waals surface area contributed by atoms with E-state index in [0.29, 0.717) is 0 Å². The molecule has 2 aromatic rings. The lowest BCUT2D eigenvalue weighted by Gasteiger charge is -2.01. The summed E-state index contributed by atoms with van der Waals surface area (Å²) in [7, 11) is 0. The second-order valence-electron chi connectivity index (χ2n) is 3.23. The van der Waals surface area contributed by atoms with Gasteiger partial charge in [0.05, 0.1) is 0 Å². The van der Waals surface area contributed by atoms with Gasteiger partial charge in [-0.2, -0.15) is 0 Å². The highest BCUT2D eigenvalue weighted by atomic mass is 19.1. The van der Waals surface area contributed by atoms with E-state index in [1.807, 2.05) is 30.3 Å². The van der Waals surface area contributed by atoms with Gasteiger partial charge in [-0.3, -0.25) is 0 Å². The SMILES string of the molecule is C#Cc1ccc(-c2cccc(F)c2)cc1. The maximum Gasteiger partial charge on any atom is 0.123 e. The number of rotatable bonds is 1. The minimum Gasteiger partial charge on any atom is -0.207 e. The molecule has 0 saturated heterocycles. The zero-order valence-corrected chi connectivity index (χ0v) is 8.07.